The molecule has 0 bridgehead atoms. The third kappa shape index (κ3) is 6.86. The van der Waals surface area contributed by atoms with Gasteiger partial charge in [0.15, 0.2) is 5.96 Å². The van der Waals surface area contributed by atoms with Gasteiger partial charge in [-0.25, -0.2) is 4.99 Å². The van der Waals surface area contributed by atoms with E-state index in [4.69, 9.17) is 25.7 Å². The number of methoxy groups -OCH3 is 1. The van der Waals surface area contributed by atoms with Crippen LogP contribution in [0.5, 0.6) is 5.75 Å². The van der Waals surface area contributed by atoms with Crippen LogP contribution in [0.2, 0.25) is 0 Å². The van der Waals surface area contributed by atoms with Crippen molar-refractivity contribution in [1.29, 1.82) is 5.41 Å². The molecule has 1 saturated heterocycles. The highest BCUT2D eigenvalue weighted by Gasteiger charge is 2.35. The van der Waals surface area contributed by atoms with Crippen LogP contribution >= 0.6 is 0 Å². The highest BCUT2D eigenvalue weighted by Crippen LogP contribution is 2.39. The number of hydrogen-bond acceptors (Lipinski definition) is 5. The average Bonchev–Trinajstić information content (AvgIpc) is 3.27. The average molecular weight is 471 g/mol. The Kier molecular flexibility index (Phi) is 9.57. The third-order valence-electron chi connectivity index (χ3n) is 5.58. The summed E-state index contributed by atoms with van der Waals surface area (Å²) >= 11 is 0. The second kappa shape index (κ2) is 11.9. The summed E-state index contributed by atoms with van der Waals surface area (Å²) in [6, 6.07) is 3.56. The molecule has 0 amide bonds. The van der Waals surface area contributed by atoms with Gasteiger partial charge in [0.25, 0.3) is 0 Å². The van der Waals surface area contributed by atoms with Crippen LogP contribution in [0.4, 0.5) is 13.2 Å². The van der Waals surface area contributed by atoms with Gasteiger partial charge in [-0.15, -0.1) is 0 Å². The number of aliphatic hydroxyl groups is 1. The minimum absolute atomic E-state index is 0.0409. The Morgan fingerprint density at radius 1 is 1.33 bits per heavy atom. The van der Waals surface area contributed by atoms with Gasteiger partial charge in [-0.2, -0.15) is 13.2 Å². The maximum Gasteiger partial charge on any atom is 0.419 e. The van der Waals surface area contributed by atoms with E-state index in [1.165, 1.54) is 13.2 Å². The van der Waals surface area contributed by atoms with Crippen LogP contribution < -0.4 is 10.5 Å². The zero-order valence-electron chi connectivity index (χ0n) is 19.3. The summed E-state index contributed by atoms with van der Waals surface area (Å²) in [4.78, 5) is 6.31. The fourth-order valence-corrected chi connectivity index (χ4v) is 3.67. The van der Waals surface area contributed by atoms with Crippen LogP contribution in [0.1, 0.15) is 57.1 Å². The zero-order chi connectivity index (χ0) is 24.6. The predicted octanol–water partition coefficient (Wildman–Crippen LogP) is 4.40. The Bertz CT molecular complexity index is 884. The molecular weight excluding hydrogens is 437 g/mol. The van der Waals surface area contributed by atoms with Crippen molar-refractivity contribution in [3.8, 4) is 5.75 Å². The summed E-state index contributed by atoms with van der Waals surface area (Å²) in [6.45, 7) is 4.35. The van der Waals surface area contributed by atoms with Crippen molar-refractivity contribution in [2.24, 2.45) is 10.7 Å². The van der Waals surface area contributed by atoms with Crippen molar-refractivity contribution < 1.29 is 27.8 Å². The lowest BCUT2D eigenvalue weighted by molar-refractivity contribution is -0.139. The lowest BCUT2D eigenvalue weighted by Crippen LogP contribution is -2.44. The molecule has 4 N–H and O–H groups in total. The number of aliphatic hydroxyl groups excluding tert-OH is 1. The second-order valence-corrected chi connectivity index (χ2v) is 7.86. The molecule has 0 radical (unpaired) electrons. The van der Waals surface area contributed by atoms with Gasteiger partial charge in [0.1, 0.15) is 11.8 Å². The third-order valence-corrected chi connectivity index (χ3v) is 5.58. The molecule has 1 aromatic carbocycles. The number of halogens is 3. The molecule has 10 heteroatoms. The van der Waals surface area contributed by atoms with Crippen LogP contribution in [0.25, 0.3) is 5.70 Å². The van der Waals surface area contributed by atoms with Gasteiger partial charge in [0.2, 0.25) is 5.90 Å². The maximum absolute atomic E-state index is 13.8. The zero-order valence-corrected chi connectivity index (χ0v) is 19.3. The number of allylic oxidation sites excluding steroid dienone is 1. The summed E-state index contributed by atoms with van der Waals surface area (Å²) < 4.78 is 52.3. The van der Waals surface area contributed by atoms with E-state index in [0.717, 1.165) is 18.1 Å². The van der Waals surface area contributed by atoms with Gasteiger partial charge in [0.05, 0.1) is 25.0 Å². The number of unbranched alkanes of at least 4 members (excludes halogenated alkanes) is 1. The molecule has 184 valence electrons. The molecule has 1 aliphatic rings. The fourth-order valence-electron chi connectivity index (χ4n) is 3.67. The monoisotopic (exact) mass is 470 g/mol. The van der Waals surface area contributed by atoms with Crippen LogP contribution in [0, 0.1) is 5.41 Å². The molecule has 0 aliphatic carbocycles. The molecule has 1 heterocycles. The second-order valence-electron chi connectivity index (χ2n) is 7.86. The molecule has 1 aliphatic heterocycles. The Morgan fingerprint density at radius 3 is 2.64 bits per heavy atom. The number of benzene rings is 1. The van der Waals surface area contributed by atoms with Gasteiger partial charge in [-0.05, 0) is 62.8 Å². The van der Waals surface area contributed by atoms with E-state index in [0.29, 0.717) is 49.4 Å². The van der Waals surface area contributed by atoms with Crippen molar-refractivity contribution in [3.05, 3.63) is 34.9 Å². The molecule has 1 aromatic rings. The lowest BCUT2D eigenvalue weighted by atomic mass is 10.0. The molecule has 33 heavy (non-hydrogen) atoms. The smallest absolute Gasteiger partial charge is 0.419 e. The van der Waals surface area contributed by atoms with Crippen molar-refractivity contribution in [1.82, 2.24) is 4.90 Å². The number of aliphatic imine (C=N–C) groups is 1. The van der Waals surface area contributed by atoms with E-state index in [2.05, 4.69) is 4.99 Å². The minimum Gasteiger partial charge on any atom is -0.493 e. The molecule has 1 unspecified atom stereocenters. The highest BCUT2D eigenvalue weighted by atomic mass is 19.4. The van der Waals surface area contributed by atoms with E-state index in [1.807, 2.05) is 13.8 Å². The van der Waals surface area contributed by atoms with Crippen molar-refractivity contribution in [2.45, 2.75) is 58.2 Å². The van der Waals surface area contributed by atoms with E-state index >= 15 is 0 Å². The summed E-state index contributed by atoms with van der Waals surface area (Å²) in [5, 5.41) is 16.6. The van der Waals surface area contributed by atoms with Gasteiger partial charge < -0.3 is 25.2 Å². The first kappa shape index (κ1) is 26.5. The SMILES string of the molecule is CCC(C)=C(N=C(OC)C1CCCN1C(=N)N)c1ccc(OCCCCO)c(C(F)(F)F)c1. The molecule has 0 saturated carbocycles. The van der Waals surface area contributed by atoms with Crippen LogP contribution in [-0.2, 0) is 10.9 Å². The number of nitrogens with two attached hydrogens (primary N) is 1. The quantitative estimate of drug-likeness (QED) is 0.282. The molecule has 0 aromatic heterocycles. The van der Waals surface area contributed by atoms with Gasteiger partial charge in [-0.3, -0.25) is 5.41 Å². The molecule has 1 atom stereocenters. The Balaban J connectivity index is 2.49. The first-order chi connectivity index (χ1) is 15.6. The van der Waals surface area contributed by atoms with E-state index in [1.54, 1.807) is 11.0 Å². The number of likely N-dealkylation sites (tertiary alicyclic amines) is 1. The van der Waals surface area contributed by atoms with Gasteiger partial charge >= 0.3 is 6.18 Å². The molecule has 1 fully saturated rings. The van der Waals surface area contributed by atoms with Crippen molar-refractivity contribution >= 4 is 17.6 Å². The number of ether oxygens (including phenoxy) is 2. The highest BCUT2D eigenvalue weighted by molar-refractivity contribution is 5.92. The summed E-state index contributed by atoms with van der Waals surface area (Å²) in [7, 11) is 1.46. The van der Waals surface area contributed by atoms with Crippen molar-refractivity contribution in [3.63, 3.8) is 0 Å². The number of alkyl halides is 3. The standard InChI is InChI=1S/C23H33F3N4O3/c1-4-15(2)20(29-21(32-3)18-8-7-11-30(18)22(27)28)16-9-10-19(33-13-6-5-12-31)17(14-16)23(24,25)26/h9-10,14,18,31H,4-8,11-13H2,1-3H3,(H3,27,28). The van der Waals surface area contributed by atoms with E-state index in [9.17, 15) is 13.2 Å². The van der Waals surface area contributed by atoms with Crippen LogP contribution in [0.3, 0.4) is 0 Å². The Labute approximate surface area is 192 Å². The minimum atomic E-state index is -4.61. The van der Waals surface area contributed by atoms with Crippen LogP contribution in [-0.4, -0.2) is 54.8 Å². The summed E-state index contributed by atoms with van der Waals surface area (Å²) in [5.74, 6) is -0.0439. The molecule has 2 rings (SSSR count). The predicted molar refractivity (Wildman–Crippen MR) is 122 cm³/mol. The van der Waals surface area contributed by atoms with E-state index < -0.39 is 11.7 Å². The summed E-state index contributed by atoms with van der Waals surface area (Å²) in [5.41, 5.74) is 6.28. The fraction of sp³-hybridized carbons (Fsp3) is 0.565. The van der Waals surface area contributed by atoms with Crippen molar-refractivity contribution in [2.75, 3.05) is 26.9 Å². The molecule has 7 nitrogen and oxygen atoms in total. The molecular formula is C23H33F3N4O3. The summed E-state index contributed by atoms with van der Waals surface area (Å²) in [6.07, 6.45) is -1.64. The first-order valence-electron chi connectivity index (χ1n) is 11.0. The van der Waals surface area contributed by atoms with E-state index in [-0.39, 0.29) is 31.0 Å². The largest absolute Gasteiger partial charge is 0.493 e. The Hall–Kier alpha value is -2.75. The maximum atomic E-state index is 13.8. The number of nitrogens with zero attached hydrogens (tertiary/aromatic N) is 2. The topological polar surface area (TPSA) is 104 Å². The van der Waals surface area contributed by atoms with Gasteiger partial charge in [-0.1, -0.05) is 6.92 Å². The number of hydrogen-bond donors (Lipinski definition) is 3. The molecule has 0 spiro atoms. The van der Waals surface area contributed by atoms with Crippen LogP contribution in [0.15, 0.2) is 28.8 Å². The Morgan fingerprint density at radius 2 is 2.06 bits per heavy atom. The lowest BCUT2D eigenvalue weighted by Gasteiger charge is -2.25. The number of guanidine groups is 1. The number of rotatable bonds is 9. The first-order valence-corrected chi connectivity index (χ1v) is 11.0. The van der Waals surface area contributed by atoms with Gasteiger partial charge in [0, 0.05) is 18.7 Å². The number of nitrogens with one attached hydrogen (secondary N) is 1. The normalized spacial score (nSPS) is 17.7.